The summed E-state index contributed by atoms with van der Waals surface area (Å²) < 4.78 is 0. The number of benzene rings is 1. The number of aliphatic carboxylic acids is 1. The SMILES string of the molecule is O=C(O)Cc1c([N+](=O)[O-])cnc2ccccc12. The summed E-state index contributed by atoms with van der Waals surface area (Å²) >= 11 is 0. The number of para-hydroxylation sites is 1. The lowest BCUT2D eigenvalue weighted by Crippen LogP contribution is -2.05. The van der Waals surface area contributed by atoms with Gasteiger partial charge in [-0.1, -0.05) is 18.2 Å². The van der Waals surface area contributed by atoms with Gasteiger partial charge in [0.2, 0.25) is 0 Å². The van der Waals surface area contributed by atoms with E-state index in [4.69, 9.17) is 5.11 Å². The predicted octanol–water partition coefficient (Wildman–Crippen LogP) is 1.77. The van der Waals surface area contributed by atoms with Crippen molar-refractivity contribution < 1.29 is 14.8 Å². The first-order chi connectivity index (χ1) is 8.09. The number of carboxylic acid groups (broad SMARTS) is 1. The molecule has 17 heavy (non-hydrogen) atoms. The van der Waals surface area contributed by atoms with Crippen LogP contribution in [0, 0.1) is 10.1 Å². The van der Waals surface area contributed by atoms with Crippen molar-refractivity contribution in [3.63, 3.8) is 0 Å². The van der Waals surface area contributed by atoms with Gasteiger partial charge in [-0.2, -0.15) is 0 Å². The smallest absolute Gasteiger partial charge is 0.308 e. The number of hydrogen-bond donors (Lipinski definition) is 1. The Labute approximate surface area is 95.7 Å². The van der Waals surface area contributed by atoms with Gasteiger partial charge in [0.15, 0.2) is 0 Å². The Morgan fingerprint density at radius 1 is 1.41 bits per heavy atom. The molecule has 0 saturated carbocycles. The van der Waals surface area contributed by atoms with Crippen LogP contribution in [0.25, 0.3) is 10.9 Å². The molecule has 0 fully saturated rings. The van der Waals surface area contributed by atoms with Crippen molar-refractivity contribution in [2.75, 3.05) is 0 Å². The van der Waals surface area contributed by atoms with Crippen molar-refractivity contribution >= 4 is 22.6 Å². The van der Waals surface area contributed by atoms with Crippen molar-refractivity contribution in [3.8, 4) is 0 Å². The normalized spacial score (nSPS) is 10.4. The molecule has 6 heteroatoms. The highest BCUT2D eigenvalue weighted by molar-refractivity contribution is 5.88. The zero-order valence-corrected chi connectivity index (χ0v) is 8.66. The third-order valence-electron chi connectivity index (χ3n) is 2.39. The number of aromatic nitrogens is 1. The van der Waals surface area contributed by atoms with E-state index >= 15 is 0 Å². The maximum atomic E-state index is 10.8. The van der Waals surface area contributed by atoms with E-state index in [1.165, 1.54) is 0 Å². The Balaban J connectivity index is 2.74. The first-order valence-corrected chi connectivity index (χ1v) is 4.82. The number of pyridine rings is 1. The summed E-state index contributed by atoms with van der Waals surface area (Å²) in [5.41, 5.74) is 0.480. The van der Waals surface area contributed by atoms with Crippen LogP contribution < -0.4 is 0 Å². The third-order valence-corrected chi connectivity index (χ3v) is 2.39. The van der Waals surface area contributed by atoms with E-state index < -0.39 is 10.9 Å². The van der Waals surface area contributed by atoms with Crippen molar-refractivity contribution in [2.45, 2.75) is 6.42 Å². The van der Waals surface area contributed by atoms with Gasteiger partial charge in [-0.3, -0.25) is 14.9 Å². The standard InChI is InChI=1S/C11H8N2O4/c14-11(15)5-8-7-3-1-2-4-9(7)12-6-10(8)13(16)17/h1-4,6H,5H2,(H,14,15). The van der Waals surface area contributed by atoms with Crippen molar-refractivity contribution in [1.82, 2.24) is 4.98 Å². The molecule has 1 N–H and O–H groups in total. The second-order valence-electron chi connectivity index (χ2n) is 3.47. The molecule has 0 bridgehead atoms. The van der Waals surface area contributed by atoms with Gasteiger partial charge in [-0.25, -0.2) is 4.98 Å². The molecule has 0 saturated heterocycles. The summed E-state index contributed by atoms with van der Waals surface area (Å²) in [5, 5.41) is 20.1. The highest BCUT2D eigenvalue weighted by Gasteiger charge is 2.19. The van der Waals surface area contributed by atoms with Crippen molar-refractivity contribution in [2.24, 2.45) is 0 Å². The molecular weight excluding hydrogens is 224 g/mol. The quantitative estimate of drug-likeness (QED) is 0.642. The molecule has 0 aliphatic carbocycles. The van der Waals surface area contributed by atoms with Crippen LogP contribution in [0.3, 0.4) is 0 Å². The van der Waals surface area contributed by atoms with E-state index in [0.29, 0.717) is 10.9 Å². The maximum absolute atomic E-state index is 10.8. The van der Waals surface area contributed by atoms with Crippen LogP contribution in [0.4, 0.5) is 5.69 Å². The minimum Gasteiger partial charge on any atom is -0.481 e. The lowest BCUT2D eigenvalue weighted by Gasteiger charge is -2.04. The minimum atomic E-state index is -1.11. The highest BCUT2D eigenvalue weighted by atomic mass is 16.6. The lowest BCUT2D eigenvalue weighted by molar-refractivity contribution is -0.385. The van der Waals surface area contributed by atoms with Crippen LogP contribution in [0.2, 0.25) is 0 Å². The third kappa shape index (κ3) is 2.05. The van der Waals surface area contributed by atoms with E-state index in [1.54, 1.807) is 24.3 Å². The molecular formula is C11H8N2O4. The number of carbonyl (C=O) groups is 1. The van der Waals surface area contributed by atoms with Crippen LogP contribution in [0.1, 0.15) is 5.56 Å². The molecule has 1 aromatic heterocycles. The average molecular weight is 232 g/mol. The average Bonchev–Trinajstić information content (AvgIpc) is 2.28. The van der Waals surface area contributed by atoms with Gasteiger partial charge < -0.3 is 5.11 Å². The second-order valence-corrected chi connectivity index (χ2v) is 3.47. The molecule has 0 atom stereocenters. The van der Waals surface area contributed by atoms with Gasteiger partial charge in [0.1, 0.15) is 6.20 Å². The molecule has 6 nitrogen and oxygen atoms in total. The molecule has 1 aromatic carbocycles. The molecule has 0 amide bonds. The molecule has 0 radical (unpaired) electrons. The summed E-state index contributed by atoms with van der Waals surface area (Å²) in [6.07, 6.45) is 0.708. The van der Waals surface area contributed by atoms with Crippen LogP contribution in [0.15, 0.2) is 30.5 Å². The fourth-order valence-corrected chi connectivity index (χ4v) is 1.68. The molecule has 0 aliphatic heterocycles. The zero-order valence-electron chi connectivity index (χ0n) is 8.66. The lowest BCUT2D eigenvalue weighted by atomic mass is 10.0. The maximum Gasteiger partial charge on any atom is 0.308 e. The van der Waals surface area contributed by atoms with E-state index in [1.807, 2.05) is 0 Å². The summed E-state index contributed by atoms with van der Waals surface area (Å²) in [4.78, 5) is 24.9. The van der Waals surface area contributed by atoms with Gasteiger partial charge in [0.05, 0.1) is 22.4 Å². The topological polar surface area (TPSA) is 93.3 Å². The van der Waals surface area contributed by atoms with Crippen molar-refractivity contribution in [3.05, 3.63) is 46.1 Å². The van der Waals surface area contributed by atoms with Crippen LogP contribution in [-0.2, 0) is 11.2 Å². The number of hydrogen-bond acceptors (Lipinski definition) is 4. The van der Waals surface area contributed by atoms with Gasteiger partial charge >= 0.3 is 5.97 Å². The molecule has 86 valence electrons. The van der Waals surface area contributed by atoms with Gasteiger partial charge in [-0.15, -0.1) is 0 Å². The Morgan fingerprint density at radius 3 is 2.76 bits per heavy atom. The number of fused-ring (bicyclic) bond motifs is 1. The van der Waals surface area contributed by atoms with Crippen LogP contribution in [-0.4, -0.2) is 21.0 Å². The summed E-state index contributed by atoms with van der Waals surface area (Å²) in [6, 6.07) is 6.75. The molecule has 0 unspecified atom stereocenters. The highest BCUT2D eigenvalue weighted by Crippen LogP contribution is 2.26. The Hall–Kier alpha value is -2.50. The number of nitro groups is 1. The van der Waals surface area contributed by atoms with E-state index in [0.717, 1.165) is 6.20 Å². The van der Waals surface area contributed by atoms with E-state index in [2.05, 4.69) is 4.98 Å². The van der Waals surface area contributed by atoms with Gasteiger partial charge in [-0.05, 0) is 6.07 Å². The van der Waals surface area contributed by atoms with Gasteiger partial charge in [0, 0.05) is 5.39 Å². The molecule has 0 spiro atoms. The van der Waals surface area contributed by atoms with E-state index in [-0.39, 0.29) is 17.7 Å². The van der Waals surface area contributed by atoms with Crippen LogP contribution in [0.5, 0.6) is 0 Å². The number of carboxylic acids is 1. The predicted molar refractivity (Wildman–Crippen MR) is 59.7 cm³/mol. The molecule has 1 heterocycles. The monoisotopic (exact) mass is 232 g/mol. The van der Waals surface area contributed by atoms with E-state index in [9.17, 15) is 14.9 Å². The molecule has 0 aliphatic rings. The Bertz CT molecular complexity index is 609. The number of rotatable bonds is 3. The fraction of sp³-hybridized carbons (Fsp3) is 0.0909. The second kappa shape index (κ2) is 4.17. The van der Waals surface area contributed by atoms with Crippen molar-refractivity contribution in [1.29, 1.82) is 0 Å². The largest absolute Gasteiger partial charge is 0.481 e. The van der Waals surface area contributed by atoms with Gasteiger partial charge in [0.25, 0.3) is 5.69 Å². The summed E-state index contributed by atoms with van der Waals surface area (Å²) in [5.74, 6) is -1.11. The van der Waals surface area contributed by atoms with Crippen LogP contribution >= 0.6 is 0 Å². The Morgan fingerprint density at radius 2 is 2.12 bits per heavy atom. The Kier molecular flexibility index (Phi) is 2.70. The number of nitrogens with zero attached hydrogens (tertiary/aromatic N) is 2. The minimum absolute atomic E-state index is 0.188. The first-order valence-electron chi connectivity index (χ1n) is 4.82. The fourth-order valence-electron chi connectivity index (χ4n) is 1.68. The molecule has 2 rings (SSSR count). The summed E-state index contributed by atoms with van der Waals surface area (Å²) in [6.45, 7) is 0. The summed E-state index contributed by atoms with van der Waals surface area (Å²) in [7, 11) is 0. The first kappa shape index (κ1) is 11.0. The zero-order chi connectivity index (χ0) is 12.4. The molecule has 2 aromatic rings.